The van der Waals surface area contributed by atoms with Crippen molar-refractivity contribution >= 4 is 29.1 Å². The first kappa shape index (κ1) is 20.8. The molecule has 1 amide bonds. The number of nitrogens with zero attached hydrogens (tertiary/aromatic N) is 4. The molecule has 1 fully saturated rings. The second kappa shape index (κ2) is 9.55. The van der Waals surface area contributed by atoms with E-state index in [1.807, 2.05) is 12.1 Å². The number of hydrogen-bond acceptors (Lipinski definition) is 6. The van der Waals surface area contributed by atoms with Gasteiger partial charge in [0.05, 0.1) is 11.6 Å². The van der Waals surface area contributed by atoms with Crippen molar-refractivity contribution in [3.8, 4) is 11.4 Å². The predicted octanol–water partition coefficient (Wildman–Crippen LogP) is 3.97. The van der Waals surface area contributed by atoms with Gasteiger partial charge in [0.15, 0.2) is 0 Å². The summed E-state index contributed by atoms with van der Waals surface area (Å²) < 4.78 is 5.39. The summed E-state index contributed by atoms with van der Waals surface area (Å²) in [6, 6.07) is 8.98. The maximum Gasteiger partial charge on any atom is 0.241 e. The van der Waals surface area contributed by atoms with E-state index in [1.54, 1.807) is 30.6 Å². The maximum absolute atomic E-state index is 12.4. The summed E-state index contributed by atoms with van der Waals surface area (Å²) in [6.07, 6.45) is 5.07. The van der Waals surface area contributed by atoms with E-state index in [0.717, 1.165) is 31.5 Å². The fourth-order valence-electron chi connectivity index (χ4n) is 3.48. The molecule has 0 radical (unpaired) electrons. The fraction of sp³-hybridized carbons (Fsp3) is 0.333. The molecule has 1 aliphatic heterocycles. The van der Waals surface area contributed by atoms with Gasteiger partial charge in [-0.1, -0.05) is 34.4 Å². The average Bonchev–Trinajstić information content (AvgIpc) is 3.21. The topological polar surface area (TPSA) is 84.2 Å². The molecular weight excluding hydrogens is 425 g/mol. The second-order valence-electron chi connectivity index (χ2n) is 7.27. The van der Waals surface area contributed by atoms with Crippen molar-refractivity contribution in [3.63, 3.8) is 0 Å². The molecule has 0 saturated carbocycles. The second-order valence-corrected chi connectivity index (χ2v) is 8.11. The number of carbonyl (C=O) groups is 1. The van der Waals surface area contributed by atoms with Gasteiger partial charge < -0.3 is 9.84 Å². The molecule has 0 aliphatic carbocycles. The fourth-order valence-corrected chi connectivity index (χ4v) is 3.97. The smallest absolute Gasteiger partial charge is 0.241 e. The molecular formula is C21H21Cl2N5O2. The Kier molecular flexibility index (Phi) is 6.62. The molecule has 2 aromatic heterocycles. The van der Waals surface area contributed by atoms with Gasteiger partial charge in [-0.3, -0.25) is 14.7 Å². The van der Waals surface area contributed by atoms with Crippen LogP contribution in [0.4, 0.5) is 0 Å². The molecule has 0 bridgehead atoms. The Morgan fingerprint density at radius 3 is 2.80 bits per heavy atom. The molecule has 4 rings (SSSR count). The molecule has 156 valence electrons. The first-order chi connectivity index (χ1) is 14.6. The molecule has 3 aromatic rings. The number of halogens is 2. The van der Waals surface area contributed by atoms with Crippen molar-refractivity contribution in [2.75, 3.05) is 13.1 Å². The molecule has 1 N–H and O–H groups in total. The van der Waals surface area contributed by atoms with Gasteiger partial charge in [0.2, 0.25) is 17.6 Å². The number of rotatable bonds is 6. The van der Waals surface area contributed by atoms with Crippen LogP contribution in [0, 0.1) is 5.92 Å². The Morgan fingerprint density at radius 2 is 2.07 bits per heavy atom. The van der Waals surface area contributed by atoms with Crippen LogP contribution in [-0.4, -0.2) is 39.0 Å². The average molecular weight is 446 g/mol. The Bertz CT molecular complexity index is 1000. The lowest BCUT2D eigenvalue weighted by molar-refractivity contribution is -0.126. The van der Waals surface area contributed by atoms with Crippen LogP contribution in [0.15, 0.2) is 47.2 Å². The van der Waals surface area contributed by atoms with E-state index in [0.29, 0.717) is 40.4 Å². The van der Waals surface area contributed by atoms with Gasteiger partial charge in [-0.25, -0.2) is 0 Å². The monoisotopic (exact) mass is 445 g/mol. The van der Waals surface area contributed by atoms with Gasteiger partial charge in [0.25, 0.3) is 0 Å². The number of nitrogens with one attached hydrogen (secondary N) is 1. The van der Waals surface area contributed by atoms with Crippen LogP contribution in [0.25, 0.3) is 11.4 Å². The number of amides is 1. The van der Waals surface area contributed by atoms with Gasteiger partial charge in [0, 0.05) is 35.4 Å². The third-order valence-electron chi connectivity index (χ3n) is 5.15. The molecule has 1 aromatic carbocycles. The summed E-state index contributed by atoms with van der Waals surface area (Å²) in [4.78, 5) is 23.2. The third-order valence-corrected chi connectivity index (χ3v) is 5.69. The summed E-state index contributed by atoms with van der Waals surface area (Å²) in [5, 5.41) is 8.07. The van der Waals surface area contributed by atoms with Gasteiger partial charge in [-0.2, -0.15) is 4.98 Å². The van der Waals surface area contributed by atoms with Crippen molar-refractivity contribution in [2.45, 2.75) is 25.9 Å². The SMILES string of the molecule is O=C(NCc1cccnc1)C1CCN(Cc2nc(-c3ccc(Cl)cc3Cl)no2)CC1. The van der Waals surface area contributed by atoms with Crippen molar-refractivity contribution in [3.05, 3.63) is 64.2 Å². The van der Waals surface area contributed by atoms with Crippen molar-refractivity contribution in [2.24, 2.45) is 5.92 Å². The normalized spacial score (nSPS) is 15.3. The highest BCUT2D eigenvalue weighted by atomic mass is 35.5. The lowest BCUT2D eigenvalue weighted by Gasteiger charge is -2.30. The quantitative estimate of drug-likeness (QED) is 0.617. The van der Waals surface area contributed by atoms with Gasteiger partial charge in [-0.15, -0.1) is 0 Å². The van der Waals surface area contributed by atoms with Crippen LogP contribution in [0.2, 0.25) is 10.0 Å². The number of likely N-dealkylation sites (tertiary alicyclic amines) is 1. The lowest BCUT2D eigenvalue weighted by atomic mass is 9.96. The number of benzene rings is 1. The summed E-state index contributed by atoms with van der Waals surface area (Å²) >= 11 is 12.2. The number of pyridine rings is 1. The molecule has 1 saturated heterocycles. The molecule has 9 heteroatoms. The minimum absolute atomic E-state index is 0.0176. The summed E-state index contributed by atoms with van der Waals surface area (Å²) in [6.45, 7) is 2.64. The maximum atomic E-state index is 12.4. The van der Waals surface area contributed by atoms with E-state index in [9.17, 15) is 4.79 Å². The Morgan fingerprint density at radius 1 is 1.23 bits per heavy atom. The number of aromatic nitrogens is 3. The van der Waals surface area contributed by atoms with Gasteiger partial charge in [0.1, 0.15) is 0 Å². The van der Waals surface area contributed by atoms with Crippen molar-refractivity contribution in [1.82, 2.24) is 25.3 Å². The Labute approximate surface area is 184 Å². The third kappa shape index (κ3) is 5.16. The first-order valence-electron chi connectivity index (χ1n) is 9.75. The standard InChI is InChI=1S/C21H21Cl2N5O2/c22-16-3-4-17(18(23)10-16)20-26-19(30-27-20)13-28-8-5-15(6-9-28)21(29)25-12-14-2-1-7-24-11-14/h1-4,7,10-11,15H,5-6,8-9,12-13H2,(H,25,29). The van der Waals surface area contributed by atoms with Crippen LogP contribution in [0.3, 0.4) is 0 Å². The Balaban J connectivity index is 1.27. The summed E-state index contributed by atoms with van der Waals surface area (Å²) in [5.41, 5.74) is 1.68. The van der Waals surface area contributed by atoms with Crippen LogP contribution in [-0.2, 0) is 17.9 Å². The van der Waals surface area contributed by atoms with E-state index in [4.69, 9.17) is 27.7 Å². The van der Waals surface area contributed by atoms with E-state index in [-0.39, 0.29) is 11.8 Å². The highest BCUT2D eigenvalue weighted by Crippen LogP contribution is 2.28. The largest absolute Gasteiger partial charge is 0.352 e. The van der Waals surface area contributed by atoms with E-state index in [1.165, 1.54) is 0 Å². The summed E-state index contributed by atoms with van der Waals surface area (Å²) in [7, 11) is 0. The van der Waals surface area contributed by atoms with E-state index >= 15 is 0 Å². The molecule has 7 nitrogen and oxygen atoms in total. The number of hydrogen-bond donors (Lipinski definition) is 1. The van der Waals surface area contributed by atoms with Gasteiger partial charge >= 0.3 is 0 Å². The zero-order chi connectivity index (χ0) is 20.9. The Hall–Kier alpha value is -2.48. The van der Waals surface area contributed by atoms with Crippen LogP contribution in [0.5, 0.6) is 0 Å². The lowest BCUT2D eigenvalue weighted by Crippen LogP contribution is -2.40. The van der Waals surface area contributed by atoms with E-state index in [2.05, 4.69) is 25.3 Å². The molecule has 0 atom stereocenters. The van der Waals surface area contributed by atoms with E-state index < -0.39 is 0 Å². The minimum Gasteiger partial charge on any atom is -0.352 e. The predicted molar refractivity (Wildman–Crippen MR) is 114 cm³/mol. The van der Waals surface area contributed by atoms with Crippen LogP contribution >= 0.6 is 23.2 Å². The van der Waals surface area contributed by atoms with Crippen LogP contribution in [0.1, 0.15) is 24.3 Å². The highest BCUT2D eigenvalue weighted by Gasteiger charge is 2.26. The first-order valence-corrected chi connectivity index (χ1v) is 10.5. The van der Waals surface area contributed by atoms with Crippen molar-refractivity contribution in [1.29, 1.82) is 0 Å². The highest BCUT2D eigenvalue weighted by molar-refractivity contribution is 6.36. The zero-order valence-corrected chi connectivity index (χ0v) is 17.7. The number of carbonyl (C=O) groups excluding carboxylic acids is 1. The molecule has 30 heavy (non-hydrogen) atoms. The summed E-state index contributed by atoms with van der Waals surface area (Å²) in [5.74, 6) is 1.08. The number of piperidine rings is 1. The molecule has 3 heterocycles. The van der Waals surface area contributed by atoms with Crippen molar-refractivity contribution < 1.29 is 9.32 Å². The zero-order valence-electron chi connectivity index (χ0n) is 16.2. The minimum atomic E-state index is 0.0176. The van der Waals surface area contributed by atoms with Gasteiger partial charge in [-0.05, 0) is 55.8 Å². The molecule has 0 unspecified atom stereocenters. The molecule has 0 spiro atoms. The molecule has 1 aliphatic rings. The van der Waals surface area contributed by atoms with Crippen LogP contribution < -0.4 is 5.32 Å².